The molecule has 4 heterocycles. The van der Waals surface area contributed by atoms with Crippen molar-refractivity contribution in [1.82, 2.24) is 30.1 Å². The Balaban J connectivity index is 0.00000272. The van der Waals surface area contributed by atoms with Gasteiger partial charge in [-0.25, -0.2) is 8.78 Å². The molecule has 4 rings (SSSR count). The Hall–Kier alpha value is -3.37. The van der Waals surface area contributed by atoms with Crippen molar-refractivity contribution in [3.8, 4) is 28.8 Å². The molecule has 156 valence electrons. The molecular formula is C21H13F2N7Pt. The van der Waals surface area contributed by atoms with E-state index in [4.69, 9.17) is 5.26 Å². The van der Waals surface area contributed by atoms with E-state index in [2.05, 4.69) is 36.2 Å². The molecule has 0 fully saturated rings. The summed E-state index contributed by atoms with van der Waals surface area (Å²) in [6, 6.07) is 15.8. The van der Waals surface area contributed by atoms with Crippen molar-refractivity contribution < 1.29 is 29.8 Å². The number of rotatable bonds is 4. The van der Waals surface area contributed by atoms with Gasteiger partial charge >= 0.3 is 21.1 Å². The minimum absolute atomic E-state index is 0. The zero-order valence-electron chi connectivity index (χ0n) is 16.2. The summed E-state index contributed by atoms with van der Waals surface area (Å²) in [4.78, 5) is 16.4. The van der Waals surface area contributed by atoms with E-state index in [0.29, 0.717) is 17.1 Å². The van der Waals surface area contributed by atoms with Gasteiger partial charge in [0.1, 0.15) is 23.8 Å². The normalized spacial score (nSPS) is 10.9. The van der Waals surface area contributed by atoms with E-state index in [0.717, 1.165) is 6.07 Å². The molecule has 0 aliphatic carbocycles. The van der Waals surface area contributed by atoms with Crippen LogP contribution in [0.15, 0.2) is 42.5 Å². The molecule has 0 unspecified atom stereocenters. The molecular weight excluding hydrogens is 583 g/mol. The number of hydrogen-bond donors (Lipinski definition) is 0. The third kappa shape index (κ3) is 4.39. The first-order valence-corrected chi connectivity index (χ1v) is 8.85. The quantitative estimate of drug-likeness (QED) is 0.264. The minimum atomic E-state index is -0.980. The number of halogens is 2. The van der Waals surface area contributed by atoms with Crippen LogP contribution in [-0.2, 0) is 26.5 Å². The third-order valence-corrected chi connectivity index (χ3v) is 4.56. The summed E-state index contributed by atoms with van der Waals surface area (Å²) in [7, 11) is 0. The van der Waals surface area contributed by atoms with Crippen molar-refractivity contribution in [3.63, 3.8) is 0 Å². The zero-order chi connectivity index (χ0) is 21.3. The first-order chi connectivity index (χ1) is 14.4. The van der Waals surface area contributed by atoms with E-state index >= 15 is 0 Å². The van der Waals surface area contributed by atoms with Gasteiger partial charge in [-0.05, 0) is 43.6 Å². The Morgan fingerprint density at radius 1 is 0.968 bits per heavy atom. The molecule has 0 amide bonds. The van der Waals surface area contributed by atoms with Gasteiger partial charge in [0.25, 0.3) is 0 Å². The fraction of sp³-hybridized carbons (Fsp3) is 0.143. The predicted octanol–water partition coefficient (Wildman–Crippen LogP) is 3.23. The second-order valence-corrected chi connectivity index (χ2v) is 6.90. The Morgan fingerprint density at radius 3 is 2.23 bits per heavy atom. The van der Waals surface area contributed by atoms with Gasteiger partial charge in [0.2, 0.25) is 0 Å². The van der Waals surface area contributed by atoms with Crippen LogP contribution in [0.4, 0.5) is 8.78 Å². The summed E-state index contributed by atoms with van der Waals surface area (Å²) in [6.07, 6.45) is 0. The molecule has 4 aromatic rings. The fourth-order valence-electron chi connectivity index (χ4n) is 2.91. The summed E-state index contributed by atoms with van der Waals surface area (Å²) < 4.78 is 27.2. The third-order valence-electron chi connectivity index (χ3n) is 4.56. The van der Waals surface area contributed by atoms with Crippen LogP contribution in [0.5, 0.6) is 0 Å². The molecule has 7 nitrogen and oxygen atoms in total. The van der Waals surface area contributed by atoms with Gasteiger partial charge in [-0.15, -0.1) is 6.07 Å². The minimum Gasteiger partial charge on any atom is -0.408 e. The van der Waals surface area contributed by atoms with E-state index in [-0.39, 0.29) is 44.0 Å². The van der Waals surface area contributed by atoms with Crippen molar-refractivity contribution in [2.45, 2.75) is 19.3 Å². The summed E-state index contributed by atoms with van der Waals surface area (Å²) in [5.74, 6) is -1.71. The number of hydrogen-bond acceptors (Lipinski definition) is 6. The average molecular weight is 596 g/mol. The number of nitriles is 1. The Bertz CT molecular complexity index is 1280. The van der Waals surface area contributed by atoms with Gasteiger partial charge in [0.05, 0.1) is 11.4 Å². The van der Waals surface area contributed by atoms with Crippen molar-refractivity contribution in [2.75, 3.05) is 0 Å². The molecule has 0 bridgehead atoms. The summed E-state index contributed by atoms with van der Waals surface area (Å²) >= 11 is 0. The van der Waals surface area contributed by atoms with Crippen LogP contribution in [-0.4, -0.2) is 25.0 Å². The van der Waals surface area contributed by atoms with Crippen molar-refractivity contribution in [2.24, 2.45) is 0 Å². The van der Waals surface area contributed by atoms with Crippen LogP contribution in [0, 0.1) is 29.3 Å². The summed E-state index contributed by atoms with van der Waals surface area (Å²) in [6.45, 7) is 3.83. The molecule has 0 atom stereocenters. The van der Waals surface area contributed by atoms with Gasteiger partial charge in [-0.3, -0.25) is 15.1 Å². The van der Waals surface area contributed by atoms with E-state index in [1.807, 2.05) is 26.0 Å². The maximum Gasteiger partial charge on any atom is 2.00 e. The molecule has 0 aliphatic rings. The van der Waals surface area contributed by atoms with Crippen LogP contribution in [0.25, 0.3) is 22.8 Å². The largest absolute Gasteiger partial charge is 2.00 e. The van der Waals surface area contributed by atoms with Crippen molar-refractivity contribution >= 4 is 0 Å². The second-order valence-electron chi connectivity index (χ2n) is 6.90. The van der Waals surface area contributed by atoms with Crippen LogP contribution < -0.4 is 5.10 Å². The molecule has 0 saturated carbocycles. The Labute approximate surface area is 190 Å². The topological polar surface area (TPSA) is 102 Å². The first kappa shape index (κ1) is 22.3. The van der Waals surface area contributed by atoms with E-state index in [9.17, 15) is 8.78 Å². The smallest absolute Gasteiger partial charge is 0.408 e. The molecule has 0 saturated heterocycles. The van der Waals surface area contributed by atoms with Crippen molar-refractivity contribution in [1.29, 1.82) is 5.26 Å². The summed E-state index contributed by atoms with van der Waals surface area (Å²) in [5.41, 5.74) is 1.33. The van der Waals surface area contributed by atoms with Gasteiger partial charge in [-0.1, -0.05) is 29.8 Å². The standard InChI is InChI=1S/C21H13F2N7.Pt/c1-21(2,16-8-4-6-14(26-16)20-28-18(11-24)29-30-20)15-7-3-5-13(25-15)12-9-10-17(22)27-19(12)23;/h3-8,10H,1-2H3;/q-2;+2. The zero-order valence-corrected chi connectivity index (χ0v) is 18.5. The van der Waals surface area contributed by atoms with Gasteiger partial charge in [0, 0.05) is 11.1 Å². The Kier molecular flexibility index (Phi) is 6.32. The van der Waals surface area contributed by atoms with Gasteiger partial charge < -0.3 is 15.1 Å². The maximum absolute atomic E-state index is 14.1. The molecule has 4 aromatic heterocycles. The second kappa shape index (κ2) is 8.78. The average Bonchev–Trinajstić information content (AvgIpc) is 3.23. The number of nitrogens with zero attached hydrogens (tertiary/aromatic N) is 7. The van der Waals surface area contributed by atoms with Crippen LogP contribution >= 0.6 is 0 Å². The van der Waals surface area contributed by atoms with Crippen LogP contribution in [0.2, 0.25) is 0 Å². The van der Waals surface area contributed by atoms with Gasteiger partial charge in [0.15, 0.2) is 0 Å². The number of aromatic nitrogens is 6. The SMILES string of the molecule is CC(C)(c1cccc(-c2nc(C#N)n[n-]2)n1)c1cccc(-c2[c-]cc(F)nc2F)n1.[Pt+2]. The molecule has 0 radical (unpaired) electrons. The molecule has 0 spiro atoms. The van der Waals surface area contributed by atoms with Gasteiger partial charge in [-0.2, -0.15) is 5.26 Å². The van der Waals surface area contributed by atoms with Crippen LogP contribution in [0.3, 0.4) is 0 Å². The molecule has 10 heteroatoms. The fourth-order valence-corrected chi connectivity index (χ4v) is 2.91. The van der Waals surface area contributed by atoms with E-state index in [1.54, 1.807) is 30.3 Å². The monoisotopic (exact) mass is 596 g/mol. The van der Waals surface area contributed by atoms with Crippen molar-refractivity contribution in [3.05, 3.63) is 77.6 Å². The summed E-state index contributed by atoms with van der Waals surface area (Å²) in [5, 5.41) is 16.4. The van der Waals surface area contributed by atoms with E-state index in [1.165, 1.54) is 0 Å². The Morgan fingerprint density at radius 2 is 1.61 bits per heavy atom. The molecule has 0 aliphatic heterocycles. The molecule has 0 N–H and O–H groups in total. The maximum atomic E-state index is 14.1. The molecule has 0 aromatic carbocycles. The van der Waals surface area contributed by atoms with E-state index < -0.39 is 17.3 Å². The number of pyridine rings is 3. The molecule has 31 heavy (non-hydrogen) atoms. The predicted molar refractivity (Wildman–Crippen MR) is 102 cm³/mol. The first-order valence-electron chi connectivity index (χ1n) is 8.85. The van der Waals surface area contributed by atoms with Crippen LogP contribution in [0.1, 0.15) is 31.1 Å².